The molecule has 4 nitrogen and oxygen atoms in total. The fourth-order valence-corrected chi connectivity index (χ4v) is 9.52. The highest BCUT2D eigenvalue weighted by Gasteiger charge is 2.73. The van der Waals surface area contributed by atoms with Crippen LogP contribution in [-0.4, -0.2) is 23.4 Å². The summed E-state index contributed by atoms with van der Waals surface area (Å²) < 4.78 is 18.2. The van der Waals surface area contributed by atoms with Crippen LogP contribution in [0, 0.1) is 37.0 Å². The molecule has 2 aromatic carbocycles. The van der Waals surface area contributed by atoms with E-state index in [1.54, 1.807) is 0 Å². The van der Waals surface area contributed by atoms with E-state index in [4.69, 9.17) is 15.9 Å². The Morgan fingerprint density at radius 2 is 1.88 bits per heavy atom. The largest absolute Gasteiger partial charge is 0.493 e. The Labute approximate surface area is 249 Å². The van der Waals surface area contributed by atoms with Crippen molar-refractivity contribution < 1.29 is 13.9 Å². The lowest BCUT2D eigenvalue weighted by Gasteiger charge is -2.61. The number of allylic oxidation sites excluding steroid dienone is 2. The Kier molecular flexibility index (Phi) is 5.29. The quantitative estimate of drug-likeness (QED) is 0.146. The molecule has 0 N–H and O–H groups in total. The van der Waals surface area contributed by atoms with Gasteiger partial charge in [0.1, 0.15) is 22.6 Å². The normalized spacial score (nSPS) is 31.7. The van der Waals surface area contributed by atoms with Gasteiger partial charge in [0, 0.05) is 29.5 Å². The lowest BCUT2D eigenvalue weighted by Crippen LogP contribution is -2.70. The fourth-order valence-electron chi connectivity index (χ4n) is 9.52. The van der Waals surface area contributed by atoms with Gasteiger partial charge in [-0.15, -0.1) is 6.42 Å². The molecule has 0 radical (unpaired) electrons. The molecule has 0 saturated heterocycles. The average molecular weight is 558 g/mol. The molecule has 6 atom stereocenters. The summed E-state index contributed by atoms with van der Waals surface area (Å²) in [6, 6.07) is 13.6. The average Bonchev–Trinajstić information content (AvgIpc) is 3.18. The number of ether oxygens (including phenoxy) is 2. The molecule has 4 heterocycles. The van der Waals surface area contributed by atoms with E-state index in [0.717, 1.165) is 18.6 Å². The number of imidazole rings is 1. The number of terminal acetylenes is 1. The zero-order chi connectivity index (χ0) is 29.3. The van der Waals surface area contributed by atoms with Gasteiger partial charge in [0.25, 0.3) is 5.65 Å². The molecule has 214 valence electrons. The second kappa shape index (κ2) is 8.51. The summed E-state index contributed by atoms with van der Waals surface area (Å²) in [6.07, 6.45) is 13.3. The van der Waals surface area contributed by atoms with E-state index in [1.807, 2.05) is 6.92 Å². The molecule has 2 aliphatic heterocycles. The zero-order valence-electron chi connectivity index (χ0n) is 25.9. The number of para-hydroxylation sites is 1. The molecular formula is C38H41N2O2+. The van der Waals surface area contributed by atoms with Gasteiger partial charge in [-0.05, 0) is 68.9 Å². The van der Waals surface area contributed by atoms with Crippen molar-refractivity contribution in [2.24, 2.45) is 17.8 Å². The predicted molar refractivity (Wildman–Crippen MR) is 169 cm³/mol. The smallest absolute Gasteiger partial charge is 0.296 e. The summed E-state index contributed by atoms with van der Waals surface area (Å²) in [5, 5.41) is 3.92. The van der Waals surface area contributed by atoms with Crippen molar-refractivity contribution in [2.45, 2.75) is 84.5 Å². The van der Waals surface area contributed by atoms with Crippen LogP contribution in [0.1, 0.15) is 70.5 Å². The summed E-state index contributed by atoms with van der Waals surface area (Å²) in [5.41, 5.74) is 8.60. The molecule has 1 saturated carbocycles. The first kappa shape index (κ1) is 26.1. The Morgan fingerprint density at radius 1 is 1.10 bits per heavy atom. The number of hydrogen-bond acceptors (Lipinski definition) is 2. The third kappa shape index (κ3) is 2.96. The van der Waals surface area contributed by atoms with E-state index >= 15 is 0 Å². The van der Waals surface area contributed by atoms with Crippen LogP contribution in [0.4, 0.5) is 0 Å². The van der Waals surface area contributed by atoms with Crippen LogP contribution in [0.25, 0.3) is 33.4 Å². The van der Waals surface area contributed by atoms with Crippen molar-refractivity contribution in [1.29, 1.82) is 0 Å². The zero-order valence-corrected chi connectivity index (χ0v) is 25.9. The molecule has 0 amide bonds. The fraction of sp³-hybridized carbons (Fsp3) is 0.447. The number of aryl methyl sites for hydroxylation is 1. The summed E-state index contributed by atoms with van der Waals surface area (Å²) >= 11 is 0. The van der Waals surface area contributed by atoms with E-state index < -0.39 is 5.41 Å². The summed E-state index contributed by atoms with van der Waals surface area (Å²) in [6.45, 7) is 16.4. The standard InChI is InChI=1S/C38H41N2O2/c1-9-38-28-15-14-22(4)34-26-12-10-11-13-30(26)39-31-18-27(21(2)3)23(5)16-32(31)40(36(39)35(28)34)37(38,8)19-29(38)33-20-41-24(6)17-25(7)42-33/h1,10-15,17-18,21,23-24,29,33H,16,19-20H2,2-8H3/q+1. The van der Waals surface area contributed by atoms with Crippen molar-refractivity contribution >= 4 is 33.4 Å². The van der Waals surface area contributed by atoms with Crippen molar-refractivity contribution in [3.05, 3.63) is 76.3 Å². The molecule has 6 unspecified atom stereocenters. The molecule has 4 aromatic rings. The van der Waals surface area contributed by atoms with E-state index in [1.165, 1.54) is 55.4 Å². The number of rotatable bonds is 2. The number of fused-ring (bicyclic) bond motifs is 9. The number of benzene rings is 2. The highest BCUT2D eigenvalue weighted by molar-refractivity contribution is 6.13. The molecule has 8 rings (SSSR count). The maximum atomic E-state index is 6.81. The van der Waals surface area contributed by atoms with E-state index in [-0.39, 0.29) is 23.7 Å². The van der Waals surface area contributed by atoms with Crippen molar-refractivity contribution in [2.75, 3.05) is 6.61 Å². The predicted octanol–water partition coefficient (Wildman–Crippen LogP) is 7.40. The summed E-state index contributed by atoms with van der Waals surface area (Å²) in [7, 11) is 0. The SMILES string of the molecule is C#CC12c3ccc(C)c4c5ccccc5[n+]5c6c(n(c5c34)C1(C)CC2C1COC(C)C=C(C)O1)CC(C)C(C(C)C)=C6. The third-order valence-corrected chi connectivity index (χ3v) is 11.3. The van der Waals surface area contributed by atoms with Crippen LogP contribution in [0.5, 0.6) is 0 Å². The first-order valence-electron chi connectivity index (χ1n) is 15.7. The van der Waals surface area contributed by atoms with E-state index in [9.17, 15) is 0 Å². The third-order valence-electron chi connectivity index (χ3n) is 11.3. The van der Waals surface area contributed by atoms with Gasteiger partial charge in [-0.3, -0.25) is 0 Å². The Morgan fingerprint density at radius 3 is 2.64 bits per heavy atom. The molecule has 1 fully saturated rings. The Bertz CT molecular complexity index is 1950. The number of nitrogens with zero attached hydrogens (tertiary/aromatic N) is 2. The first-order chi connectivity index (χ1) is 20.1. The second-order valence-electron chi connectivity index (χ2n) is 13.9. The number of hydrogen-bond donors (Lipinski definition) is 0. The van der Waals surface area contributed by atoms with Crippen LogP contribution in [0.2, 0.25) is 0 Å². The van der Waals surface area contributed by atoms with Crippen LogP contribution in [-0.2, 0) is 26.8 Å². The molecule has 2 aromatic heterocycles. The number of aromatic nitrogens is 2. The minimum atomic E-state index is -0.526. The van der Waals surface area contributed by atoms with Gasteiger partial charge >= 0.3 is 0 Å². The minimum absolute atomic E-state index is 0.0312. The first-order valence-corrected chi connectivity index (χ1v) is 15.7. The monoisotopic (exact) mass is 557 g/mol. The van der Waals surface area contributed by atoms with Gasteiger partial charge in [0.2, 0.25) is 0 Å². The summed E-state index contributed by atoms with van der Waals surface area (Å²) in [4.78, 5) is 0. The minimum Gasteiger partial charge on any atom is -0.493 e. The van der Waals surface area contributed by atoms with Crippen LogP contribution >= 0.6 is 0 Å². The van der Waals surface area contributed by atoms with Crippen molar-refractivity contribution in [1.82, 2.24) is 4.57 Å². The molecule has 0 bridgehead atoms. The second-order valence-corrected chi connectivity index (χ2v) is 13.9. The number of pyridine rings is 1. The summed E-state index contributed by atoms with van der Waals surface area (Å²) in [5.74, 6) is 5.54. The highest BCUT2D eigenvalue weighted by atomic mass is 16.5. The lowest BCUT2D eigenvalue weighted by atomic mass is 9.43. The van der Waals surface area contributed by atoms with Crippen molar-refractivity contribution in [3.63, 3.8) is 0 Å². The van der Waals surface area contributed by atoms with Gasteiger partial charge in [0.15, 0.2) is 11.4 Å². The van der Waals surface area contributed by atoms with Crippen LogP contribution in [0.3, 0.4) is 0 Å². The molecule has 2 aliphatic carbocycles. The van der Waals surface area contributed by atoms with Crippen LogP contribution in [0.15, 0.2) is 53.8 Å². The maximum absolute atomic E-state index is 6.81. The maximum Gasteiger partial charge on any atom is 0.296 e. The topological polar surface area (TPSA) is 27.5 Å². The molecule has 42 heavy (non-hydrogen) atoms. The van der Waals surface area contributed by atoms with Gasteiger partial charge in [-0.2, -0.15) is 4.40 Å². The molecule has 4 aliphatic rings. The van der Waals surface area contributed by atoms with Gasteiger partial charge < -0.3 is 9.47 Å². The Balaban J connectivity index is 1.52. The molecular weight excluding hydrogens is 516 g/mol. The Hall–Kier alpha value is -3.55. The van der Waals surface area contributed by atoms with Crippen LogP contribution < -0.4 is 4.40 Å². The molecule has 0 spiro atoms. The highest BCUT2D eigenvalue weighted by Crippen LogP contribution is 2.66. The van der Waals surface area contributed by atoms with Gasteiger partial charge in [-0.25, -0.2) is 4.57 Å². The van der Waals surface area contributed by atoms with E-state index in [0.29, 0.717) is 18.4 Å². The lowest BCUT2D eigenvalue weighted by molar-refractivity contribution is -0.482. The van der Waals surface area contributed by atoms with E-state index in [2.05, 4.69) is 105 Å². The van der Waals surface area contributed by atoms with Crippen molar-refractivity contribution in [3.8, 4) is 12.3 Å². The van der Waals surface area contributed by atoms with Gasteiger partial charge in [0.05, 0.1) is 23.9 Å². The molecule has 4 heteroatoms. The van der Waals surface area contributed by atoms with Gasteiger partial charge in [-0.1, -0.05) is 62.6 Å².